The molecule has 1 saturated heterocycles. The maximum absolute atomic E-state index is 7.33. The summed E-state index contributed by atoms with van der Waals surface area (Å²) in [7, 11) is 0. The third-order valence-electron chi connectivity index (χ3n) is 8.55. The van der Waals surface area contributed by atoms with Crippen molar-refractivity contribution in [1.82, 2.24) is 34.6 Å². The first-order valence-corrected chi connectivity index (χ1v) is 16.5. The molecule has 1 saturated carbocycles. The van der Waals surface area contributed by atoms with E-state index in [2.05, 4.69) is 30.4 Å². The summed E-state index contributed by atoms with van der Waals surface area (Å²) in [4.78, 5) is 15.9. The van der Waals surface area contributed by atoms with E-state index in [4.69, 9.17) is 46.3 Å². The highest BCUT2D eigenvalue weighted by molar-refractivity contribution is 6.32. The van der Waals surface area contributed by atoms with Gasteiger partial charge in [-0.1, -0.05) is 22.9 Å². The Morgan fingerprint density at radius 2 is 1.90 bits per heavy atom. The standard InChI is InChI=1S/C32H40ClN11O4/c1-22(19-43(21-34)41-35)48-29-16-23(2-7-27(29)33)24-17-37-32(38-18-24)39-28-20-44(40-31(28)47-12-8-30-36-9-13-46-30)26-5-3-25(4-6-26)42-10-14-45-15-11-42/h2,7,9,13,16-18,20-22,25-26,34-35H,3-6,8,10-12,14-15,19H2,1H3,(H,37,38,39)/t22-,25-,26-/m0/s1. The van der Waals surface area contributed by atoms with E-state index in [0.717, 1.165) is 74.5 Å². The molecule has 6 rings (SSSR count). The predicted octanol–water partition coefficient (Wildman–Crippen LogP) is 5.78. The van der Waals surface area contributed by atoms with Crippen LogP contribution in [0.4, 0.5) is 11.6 Å². The van der Waals surface area contributed by atoms with E-state index in [-0.39, 0.29) is 18.7 Å². The second-order valence-electron chi connectivity index (χ2n) is 11.8. The molecule has 0 amide bonds. The zero-order valence-electron chi connectivity index (χ0n) is 26.8. The Morgan fingerprint density at radius 1 is 1.12 bits per heavy atom. The molecule has 3 aromatic heterocycles. The Labute approximate surface area is 283 Å². The monoisotopic (exact) mass is 677 g/mol. The summed E-state index contributed by atoms with van der Waals surface area (Å²) in [6, 6.07) is 6.30. The Hall–Kier alpha value is -4.60. The second kappa shape index (κ2) is 16.0. The number of rotatable bonds is 15. The van der Waals surface area contributed by atoms with E-state index in [1.165, 1.54) is 0 Å². The summed E-state index contributed by atoms with van der Waals surface area (Å²) in [6.07, 6.45) is 14.0. The largest absolute Gasteiger partial charge is 0.487 e. The number of hydrogen-bond acceptors (Lipinski definition) is 13. The van der Waals surface area contributed by atoms with E-state index in [1.54, 1.807) is 30.9 Å². The van der Waals surface area contributed by atoms with E-state index in [9.17, 15) is 0 Å². The van der Waals surface area contributed by atoms with Crippen molar-refractivity contribution in [3.8, 4) is 22.8 Å². The third kappa shape index (κ3) is 8.45. The lowest BCUT2D eigenvalue weighted by molar-refractivity contribution is 0.00503. The number of nitrogens with one attached hydrogen (secondary N) is 3. The number of morpholine rings is 1. The Kier molecular flexibility index (Phi) is 11.1. The maximum atomic E-state index is 7.33. The second-order valence-corrected chi connectivity index (χ2v) is 12.2. The van der Waals surface area contributed by atoms with Crippen LogP contribution in [0.3, 0.4) is 0 Å². The van der Waals surface area contributed by atoms with Gasteiger partial charge in [0.25, 0.3) is 5.88 Å². The van der Waals surface area contributed by atoms with Crippen LogP contribution in [0.25, 0.3) is 11.1 Å². The lowest BCUT2D eigenvalue weighted by atomic mass is 9.90. The smallest absolute Gasteiger partial charge is 0.256 e. The number of anilines is 2. The highest BCUT2D eigenvalue weighted by Gasteiger charge is 2.29. The van der Waals surface area contributed by atoms with E-state index in [0.29, 0.717) is 53.2 Å². The van der Waals surface area contributed by atoms with Gasteiger partial charge in [0.05, 0.1) is 56.2 Å². The number of hydrogen-bond donors (Lipinski definition) is 3. The fourth-order valence-corrected chi connectivity index (χ4v) is 6.23. The van der Waals surface area contributed by atoms with Crippen molar-refractivity contribution in [1.29, 1.82) is 10.9 Å². The van der Waals surface area contributed by atoms with Gasteiger partial charge >= 0.3 is 0 Å². The molecule has 2 fully saturated rings. The zero-order valence-corrected chi connectivity index (χ0v) is 27.6. The summed E-state index contributed by atoms with van der Waals surface area (Å²) in [5, 5.41) is 20.4. The molecule has 0 bridgehead atoms. The molecule has 4 heterocycles. The molecule has 0 unspecified atom stereocenters. The number of oxazole rings is 1. The highest BCUT2D eigenvalue weighted by atomic mass is 35.5. The first-order chi connectivity index (χ1) is 23.5. The Balaban J connectivity index is 1.13. The normalized spacial score (nSPS) is 19.0. The molecule has 1 aromatic carbocycles. The maximum Gasteiger partial charge on any atom is 0.256 e. The summed E-state index contributed by atoms with van der Waals surface area (Å²) in [6.45, 7) is 6.05. The fourth-order valence-electron chi connectivity index (χ4n) is 6.07. The molecule has 1 aliphatic carbocycles. The van der Waals surface area contributed by atoms with Crippen molar-refractivity contribution in [2.45, 2.75) is 57.2 Å². The number of halogens is 1. The molecule has 2 aliphatic rings. The minimum Gasteiger partial charge on any atom is -0.487 e. The van der Waals surface area contributed by atoms with E-state index in [1.807, 2.05) is 29.9 Å². The first kappa shape index (κ1) is 33.3. The van der Waals surface area contributed by atoms with Gasteiger partial charge in [-0.2, -0.15) is 5.53 Å². The van der Waals surface area contributed by atoms with Crippen molar-refractivity contribution >= 4 is 29.6 Å². The average Bonchev–Trinajstić information content (AvgIpc) is 3.79. The van der Waals surface area contributed by atoms with Crippen molar-refractivity contribution in [2.24, 2.45) is 5.22 Å². The predicted molar refractivity (Wildman–Crippen MR) is 178 cm³/mol. The lowest BCUT2D eigenvalue weighted by Gasteiger charge is -2.38. The van der Waals surface area contributed by atoms with Gasteiger partial charge in [-0.25, -0.2) is 20.0 Å². The summed E-state index contributed by atoms with van der Waals surface area (Å²) in [5.41, 5.74) is 9.41. The highest BCUT2D eigenvalue weighted by Crippen LogP contribution is 2.35. The lowest BCUT2D eigenvalue weighted by Crippen LogP contribution is -2.45. The van der Waals surface area contributed by atoms with Gasteiger partial charge in [0.1, 0.15) is 30.1 Å². The van der Waals surface area contributed by atoms with Gasteiger partial charge in [0, 0.05) is 37.1 Å². The molecule has 0 spiro atoms. The molecule has 1 atom stereocenters. The first-order valence-electron chi connectivity index (χ1n) is 16.1. The molecule has 254 valence electrons. The van der Waals surface area contributed by atoms with Crippen LogP contribution in [0.2, 0.25) is 5.02 Å². The molecule has 4 aromatic rings. The van der Waals surface area contributed by atoms with Crippen LogP contribution in [0.5, 0.6) is 11.6 Å². The molecule has 3 N–H and O–H groups in total. The van der Waals surface area contributed by atoms with Crippen LogP contribution in [-0.2, 0) is 11.2 Å². The molecule has 1 aliphatic heterocycles. The van der Waals surface area contributed by atoms with Gasteiger partial charge in [-0.3, -0.25) is 15.0 Å². The Bertz CT molecular complexity index is 1610. The van der Waals surface area contributed by atoms with Gasteiger partial charge in [0.2, 0.25) is 5.95 Å². The summed E-state index contributed by atoms with van der Waals surface area (Å²) >= 11 is 6.41. The number of benzene rings is 1. The number of nitrogens with zero attached hydrogens (tertiary/aromatic N) is 8. The van der Waals surface area contributed by atoms with Crippen LogP contribution in [0.1, 0.15) is 44.5 Å². The van der Waals surface area contributed by atoms with Crippen molar-refractivity contribution in [3.05, 3.63) is 60.2 Å². The minimum atomic E-state index is -0.372. The summed E-state index contributed by atoms with van der Waals surface area (Å²) in [5.74, 6) is 1.94. The fraction of sp³-hybridized carbons (Fsp3) is 0.469. The SMILES string of the molecule is C[C@@H](CN(C=N)N=N)Oc1cc(-c2cnc(Nc3cn([C@H]4CC[C@H](N5CCOCC5)CC4)nc3OCCc3ncco3)nc2)ccc1Cl. The minimum absolute atomic E-state index is 0.231. The van der Waals surface area contributed by atoms with E-state index < -0.39 is 0 Å². The van der Waals surface area contributed by atoms with Gasteiger partial charge in [-0.05, 0) is 50.3 Å². The average molecular weight is 678 g/mol. The molecule has 15 nitrogen and oxygen atoms in total. The molecule has 0 radical (unpaired) electrons. The van der Waals surface area contributed by atoms with Crippen LogP contribution in [0, 0.1) is 10.9 Å². The number of ether oxygens (including phenoxy) is 3. The van der Waals surface area contributed by atoms with Gasteiger partial charge in [0.15, 0.2) is 5.89 Å². The summed E-state index contributed by atoms with van der Waals surface area (Å²) < 4.78 is 25.0. The van der Waals surface area contributed by atoms with Crippen molar-refractivity contribution < 1.29 is 18.6 Å². The topological polar surface area (TPSA) is 176 Å². The quantitative estimate of drug-likeness (QED) is 0.0601. The third-order valence-corrected chi connectivity index (χ3v) is 8.86. The van der Waals surface area contributed by atoms with E-state index >= 15 is 0 Å². The van der Waals surface area contributed by atoms with Crippen LogP contribution >= 0.6 is 11.6 Å². The Morgan fingerprint density at radius 3 is 2.60 bits per heavy atom. The zero-order chi connectivity index (χ0) is 33.3. The van der Waals surface area contributed by atoms with Crippen LogP contribution in [-0.4, -0.2) is 92.6 Å². The van der Waals surface area contributed by atoms with Crippen LogP contribution in [0.15, 0.2) is 58.9 Å². The van der Waals surface area contributed by atoms with Gasteiger partial charge < -0.3 is 23.9 Å². The van der Waals surface area contributed by atoms with Crippen molar-refractivity contribution in [2.75, 3.05) is 44.8 Å². The molecule has 16 heteroatoms. The molecular weight excluding hydrogens is 638 g/mol. The molecular formula is C32H40ClN11O4. The van der Waals surface area contributed by atoms with Crippen LogP contribution < -0.4 is 14.8 Å². The van der Waals surface area contributed by atoms with Gasteiger partial charge in [-0.15, -0.1) is 5.10 Å². The van der Waals surface area contributed by atoms with Crippen molar-refractivity contribution in [3.63, 3.8) is 0 Å². The molecule has 48 heavy (non-hydrogen) atoms. The number of aromatic nitrogens is 5.